The SMILES string of the molecule is CCC(CNC(C)C)OCCN1CCCC1. The van der Waals surface area contributed by atoms with Crippen LogP contribution >= 0.6 is 0 Å². The van der Waals surface area contributed by atoms with Crippen molar-refractivity contribution in [2.75, 3.05) is 32.8 Å². The van der Waals surface area contributed by atoms with Crippen LogP contribution in [0.25, 0.3) is 0 Å². The zero-order valence-corrected chi connectivity index (χ0v) is 11.2. The second kappa shape index (κ2) is 8.04. The standard InChI is InChI=1S/C13H28N2O/c1-4-13(11-14-12(2)3)16-10-9-15-7-5-6-8-15/h12-14H,4-11H2,1-3H3. The van der Waals surface area contributed by atoms with Gasteiger partial charge in [-0.15, -0.1) is 0 Å². The first kappa shape index (κ1) is 13.9. The van der Waals surface area contributed by atoms with Gasteiger partial charge in [0.15, 0.2) is 0 Å². The highest BCUT2D eigenvalue weighted by Gasteiger charge is 2.12. The summed E-state index contributed by atoms with van der Waals surface area (Å²) >= 11 is 0. The van der Waals surface area contributed by atoms with Gasteiger partial charge in [-0.3, -0.25) is 0 Å². The van der Waals surface area contributed by atoms with Crippen molar-refractivity contribution in [3.05, 3.63) is 0 Å². The molecule has 1 heterocycles. The maximum atomic E-state index is 5.90. The van der Waals surface area contributed by atoms with E-state index in [0.717, 1.165) is 26.1 Å². The van der Waals surface area contributed by atoms with Gasteiger partial charge in [0.05, 0.1) is 12.7 Å². The molecular weight excluding hydrogens is 200 g/mol. The highest BCUT2D eigenvalue weighted by Crippen LogP contribution is 2.06. The zero-order valence-electron chi connectivity index (χ0n) is 11.2. The van der Waals surface area contributed by atoms with E-state index in [-0.39, 0.29) is 0 Å². The van der Waals surface area contributed by atoms with E-state index >= 15 is 0 Å². The highest BCUT2D eigenvalue weighted by molar-refractivity contribution is 4.67. The van der Waals surface area contributed by atoms with E-state index in [1.165, 1.54) is 25.9 Å². The van der Waals surface area contributed by atoms with Crippen molar-refractivity contribution in [3.63, 3.8) is 0 Å². The van der Waals surface area contributed by atoms with Crippen LogP contribution in [0.2, 0.25) is 0 Å². The van der Waals surface area contributed by atoms with Crippen molar-refractivity contribution in [1.82, 2.24) is 10.2 Å². The van der Waals surface area contributed by atoms with Gasteiger partial charge in [-0.1, -0.05) is 20.8 Å². The lowest BCUT2D eigenvalue weighted by Gasteiger charge is -2.20. The van der Waals surface area contributed by atoms with E-state index in [1.807, 2.05) is 0 Å². The fraction of sp³-hybridized carbons (Fsp3) is 1.00. The van der Waals surface area contributed by atoms with E-state index in [9.17, 15) is 0 Å². The Kier molecular flexibility index (Phi) is 7.01. The van der Waals surface area contributed by atoms with Crippen molar-refractivity contribution in [2.45, 2.75) is 52.2 Å². The molecule has 1 aliphatic rings. The summed E-state index contributed by atoms with van der Waals surface area (Å²) in [5.41, 5.74) is 0. The second-order valence-corrected chi connectivity index (χ2v) is 5.01. The van der Waals surface area contributed by atoms with Crippen molar-refractivity contribution < 1.29 is 4.74 Å². The van der Waals surface area contributed by atoms with Crippen LogP contribution in [0, 0.1) is 0 Å². The Morgan fingerprint density at radius 3 is 2.50 bits per heavy atom. The van der Waals surface area contributed by atoms with Crippen molar-refractivity contribution in [3.8, 4) is 0 Å². The molecule has 1 aliphatic heterocycles. The predicted octanol–water partition coefficient (Wildman–Crippen LogP) is 1.88. The number of likely N-dealkylation sites (tertiary alicyclic amines) is 1. The molecule has 3 heteroatoms. The molecule has 1 fully saturated rings. The lowest BCUT2D eigenvalue weighted by molar-refractivity contribution is 0.0378. The number of nitrogens with one attached hydrogen (secondary N) is 1. The minimum atomic E-state index is 0.380. The largest absolute Gasteiger partial charge is 0.376 e. The fourth-order valence-electron chi connectivity index (χ4n) is 2.04. The summed E-state index contributed by atoms with van der Waals surface area (Å²) in [6.45, 7) is 12.1. The molecular formula is C13H28N2O. The van der Waals surface area contributed by atoms with Gasteiger partial charge in [0, 0.05) is 19.1 Å². The fourth-order valence-corrected chi connectivity index (χ4v) is 2.04. The molecule has 0 radical (unpaired) electrons. The Morgan fingerprint density at radius 2 is 1.94 bits per heavy atom. The van der Waals surface area contributed by atoms with Crippen molar-refractivity contribution >= 4 is 0 Å². The molecule has 0 aromatic rings. The zero-order chi connectivity index (χ0) is 11.8. The molecule has 0 saturated carbocycles. The Labute approximate surface area is 101 Å². The van der Waals surface area contributed by atoms with Crippen LogP contribution in [0.1, 0.15) is 40.0 Å². The summed E-state index contributed by atoms with van der Waals surface area (Å²) in [7, 11) is 0. The quantitative estimate of drug-likeness (QED) is 0.686. The molecule has 0 aliphatic carbocycles. The number of hydrogen-bond donors (Lipinski definition) is 1. The number of rotatable bonds is 8. The van der Waals surface area contributed by atoms with Crippen molar-refractivity contribution in [2.24, 2.45) is 0 Å². The minimum Gasteiger partial charge on any atom is -0.376 e. The Balaban J connectivity index is 2.03. The van der Waals surface area contributed by atoms with Gasteiger partial charge in [0.1, 0.15) is 0 Å². The molecule has 0 bridgehead atoms. The van der Waals surface area contributed by atoms with E-state index < -0.39 is 0 Å². The van der Waals surface area contributed by atoms with Crippen LogP contribution in [-0.2, 0) is 4.74 Å². The van der Waals surface area contributed by atoms with Crippen LogP contribution in [0.3, 0.4) is 0 Å². The second-order valence-electron chi connectivity index (χ2n) is 5.01. The molecule has 0 aromatic heterocycles. The Hall–Kier alpha value is -0.120. The van der Waals surface area contributed by atoms with Crippen LogP contribution in [0.5, 0.6) is 0 Å². The third-order valence-corrected chi connectivity index (χ3v) is 3.17. The van der Waals surface area contributed by atoms with Gasteiger partial charge in [0.25, 0.3) is 0 Å². The molecule has 1 N–H and O–H groups in total. The predicted molar refractivity (Wildman–Crippen MR) is 68.8 cm³/mol. The normalized spacial score (nSPS) is 19.5. The topological polar surface area (TPSA) is 24.5 Å². The number of ether oxygens (including phenoxy) is 1. The summed E-state index contributed by atoms with van der Waals surface area (Å²) in [4.78, 5) is 2.50. The lowest BCUT2D eigenvalue weighted by atomic mass is 10.2. The number of nitrogens with zero attached hydrogens (tertiary/aromatic N) is 1. The van der Waals surface area contributed by atoms with Crippen LogP contribution < -0.4 is 5.32 Å². The molecule has 3 nitrogen and oxygen atoms in total. The monoisotopic (exact) mass is 228 g/mol. The molecule has 1 unspecified atom stereocenters. The highest BCUT2D eigenvalue weighted by atomic mass is 16.5. The summed E-state index contributed by atoms with van der Waals surface area (Å²) < 4.78 is 5.90. The van der Waals surface area contributed by atoms with Gasteiger partial charge >= 0.3 is 0 Å². The first-order chi connectivity index (χ1) is 7.72. The molecule has 1 atom stereocenters. The molecule has 0 amide bonds. The Bertz CT molecular complexity index is 167. The third-order valence-electron chi connectivity index (χ3n) is 3.17. The van der Waals surface area contributed by atoms with Gasteiger partial charge < -0.3 is 15.0 Å². The summed E-state index contributed by atoms with van der Waals surface area (Å²) in [6, 6.07) is 0.552. The van der Waals surface area contributed by atoms with Gasteiger partial charge in [-0.2, -0.15) is 0 Å². The molecule has 0 aromatic carbocycles. The molecule has 1 rings (SSSR count). The first-order valence-electron chi connectivity index (χ1n) is 6.79. The lowest BCUT2D eigenvalue weighted by Crippen LogP contribution is -2.35. The van der Waals surface area contributed by atoms with Gasteiger partial charge in [-0.25, -0.2) is 0 Å². The summed E-state index contributed by atoms with van der Waals surface area (Å²) in [5.74, 6) is 0. The van der Waals surface area contributed by atoms with Crippen LogP contribution in [-0.4, -0.2) is 49.8 Å². The smallest absolute Gasteiger partial charge is 0.0697 e. The average Bonchev–Trinajstić information content (AvgIpc) is 2.75. The van der Waals surface area contributed by atoms with Crippen LogP contribution in [0.15, 0.2) is 0 Å². The minimum absolute atomic E-state index is 0.380. The average molecular weight is 228 g/mol. The Morgan fingerprint density at radius 1 is 1.25 bits per heavy atom. The van der Waals surface area contributed by atoms with E-state index in [4.69, 9.17) is 4.74 Å². The van der Waals surface area contributed by atoms with Gasteiger partial charge in [0.2, 0.25) is 0 Å². The van der Waals surface area contributed by atoms with E-state index in [0.29, 0.717) is 12.1 Å². The number of hydrogen-bond acceptors (Lipinski definition) is 3. The van der Waals surface area contributed by atoms with Crippen molar-refractivity contribution in [1.29, 1.82) is 0 Å². The summed E-state index contributed by atoms with van der Waals surface area (Å²) in [6.07, 6.45) is 4.21. The van der Waals surface area contributed by atoms with E-state index in [1.54, 1.807) is 0 Å². The molecule has 1 saturated heterocycles. The van der Waals surface area contributed by atoms with E-state index in [2.05, 4.69) is 31.0 Å². The third kappa shape index (κ3) is 5.83. The maximum absolute atomic E-state index is 5.90. The van der Waals surface area contributed by atoms with Gasteiger partial charge in [-0.05, 0) is 32.4 Å². The van der Waals surface area contributed by atoms with Crippen LogP contribution in [0.4, 0.5) is 0 Å². The maximum Gasteiger partial charge on any atom is 0.0697 e. The summed E-state index contributed by atoms with van der Waals surface area (Å²) in [5, 5.41) is 3.44. The molecule has 0 spiro atoms. The molecule has 16 heavy (non-hydrogen) atoms. The molecule has 96 valence electrons. The first-order valence-corrected chi connectivity index (χ1v) is 6.79.